The van der Waals surface area contributed by atoms with Crippen LogP contribution in [0.4, 0.5) is 0 Å². The minimum atomic E-state index is -2.38. The Balaban J connectivity index is 0.00000631. The van der Waals surface area contributed by atoms with Crippen molar-refractivity contribution in [2.24, 2.45) is 0 Å². The molecular formula is C55H34N4OPt-2. The molecule has 0 bridgehead atoms. The first-order chi connectivity index (χ1) is 36.3. The number of benzene rings is 8. The predicted molar refractivity (Wildman–Crippen MR) is 240 cm³/mol. The van der Waals surface area contributed by atoms with E-state index in [1.807, 2.05) is 34.9 Å². The van der Waals surface area contributed by atoms with E-state index in [2.05, 4.69) is 23.4 Å². The van der Waals surface area contributed by atoms with E-state index in [1.165, 1.54) is 35.0 Å². The summed E-state index contributed by atoms with van der Waals surface area (Å²) in [4.78, 5) is 4.55. The molecule has 6 heteroatoms. The van der Waals surface area contributed by atoms with E-state index in [0.717, 1.165) is 16.3 Å². The van der Waals surface area contributed by atoms with Gasteiger partial charge in [-0.25, -0.2) is 4.98 Å². The van der Waals surface area contributed by atoms with E-state index in [4.69, 9.17) is 18.4 Å². The van der Waals surface area contributed by atoms with Gasteiger partial charge in [0.25, 0.3) is 6.33 Å². The molecule has 0 unspecified atom stereocenters. The number of nitrogens with zero attached hydrogens (tertiary/aromatic N) is 4. The molecule has 8 aromatic carbocycles. The fourth-order valence-electron chi connectivity index (χ4n) is 8.13. The van der Waals surface area contributed by atoms with Crippen molar-refractivity contribution in [2.45, 2.75) is 6.85 Å². The van der Waals surface area contributed by atoms with Crippen LogP contribution in [0.2, 0.25) is 0 Å². The first-order valence-electron chi connectivity index (χ1n) is 26.8. The molecule has 0 saturated heterocycles. The third-order valence-corrected chi connectivity index (χ3v) is 10.6. The molecule has 4 heterocycles. The number of aryl methyl sites for hydroxylation is 1. The standard InChI is InChI=1S/C55H34N4O.Pt/c1-36-30-31-56-53(32-36)59-50-26-10-9-22-46(50)47-29-28-40(34-52(47)59)60-39-17-11-16-38(33-39)57-35-58-54-41(37-14-3-2-4-15-37)23-12-24-48(54)44-20-7-5-18-42(44)43-19-6-8-21-45(43)49-25-13-27-51(57)55(49)58;/h2-32H,1H3;/q-2;/i1D3,2D,3D,4D,5D,6D,7D,8D,14D,15D,18D,19D,20D,21D;. The van der Waals surface area contributed by atoms with Crippen LogP contribution in [0, 0.1) is 25.3 Å². The van der Waals surface area contributed by atoms with Crippen molar-refractivity contribution in [3.63, 3.8) is 0 Å². The van der Waals surface area contributed by atoms with Crippen LogP contribution in [0.25, 0.3) is 94.5 Å². The van der Waals surface area contributed by atoms with Gasteiger partial charge in [-0.3, -0.25) is 4.57 Å². The summed E-state index contributed by atoms with van der Waals surface area (Å²) in [6.45, 7) is -2.38. The topological polar surface area (TPSA) is 35.9 Å². The van der Waals surface area contributed by atoms with Crippen LogP contribution in [0.3, 0.4) is 0 Å². The molecule has 0 amide bonds. The molecule has 0 saturated carbocycles. The molecular weight excluding hydrogens is 928 g/mol. The number of rotatable bonds is 5. The molecule has 0 aliphatic carbocycles. The second-order valence-electron chi connectivity index (χ2n) is 14.0. The van der Waals surface area contributed by atoms with Gasteiger partial charge in [0.2, 0.25) is 0 Å². The molecule has 0 spiro atoms. The molecule has 292 valence electrons. The number of aromatic nitrogens is 4. The minimum Gasteiger partial charge on any atom is -0.510 e. The molecule has 0 N–H and O–H groups in total. The molecule has 0 radical (unpaired) electrons. The van der Waals surface area contributed by atoms with Crippen molar-refractivity contribution in [1.29, 1.82) is 0 Å². The number of pyridine rings is 1. The molecule has 1 aliphatic rings. The van der Waals surface area contributed by atoms with Gasteiger partial charge in [0.05, 0.1) is 34.5 Å². The van der Waals surface area contributed by atoms with Gasteiger partial charge in [-0.1, -0.05) is 139 Å². The van der Waals surface area contributed by atoms with Crippen molar-refractivity contribution in [1.82, 2.24) is 14.1 Å². The fourth-order valence-corrected chi connectivity index (χ4v) is 8.13. The second-order valence-corrected chi connectivity index (χ2v) is 14.0. The van der Waals surface area contributed by atoms with Crippen molar-refractivity contribution >= 4 is 32.8 Å². The Morgan fingerprint density at radius 1 is 0.607 bits per heavy atom. The zero-order valence-corrected chi connectivity index (χ0v) is 33.7. The summed E-state index contributed by atoms with van der Waals surface area (Å²) < 4.78 is 153. The summed E-state index contributed by atoms with van der Waals surface area (Å²) in [6.07, 6.45) is 4.84. The van der Waals surface area contributed by atoms with Gasteiger partial charge in [0.15, 0.2) is 0 Å². The Morgan fingerprint density at radius 2 is 1.28 bits per heavy atom. The third-order valence-electron chi connectivity index (χ3n) is 10.6. The van der Waals surface area contributed by atoms with Gasteiger partial charge in [0.1, 0.15) is 5.82 Å². The number of para-hydroxylation sites is 3. The average Bonchev–Trinajstić information content (AvgIpc) is 4.21. The van der Waals surface area contributed by atoms with E-state index >= 15 is 0 Å². The summed E-state index contributed by atoms with van der Waals surface area (Å²) in [5, 5.41) is 1.67. The van der Waals surface area contributed by atoms with E-state index in [1.54, 1.807) is 53.1 Å². The maximum Gasteiger partial charge on any atom is 0.268 e. The minimum absolute atomic E-state index is 0. The molecule has 0 fully saturated rings. The largest absolute Gasteiger partial charge is 0.510 e. The molecule has 1 aliphatic heterocycles. The first-order valence-corrected chi connectivity index (χ1v) is 18.8. The smallest absolute Gasteiger partial charge is 0.268 e. The number of imidazole rings is 1. The second kappa shape index (κ2) is 14.7. The van der Waals surface area contributed by atoms with Gasteiger partial charge in [0, 0.05) is 48.4 Å². The Hall–Kier alpha value is -7.33. The van der Waals surface area contributed by atoms with Gasteiger partial charge < -0.3 is 13.9 Å². The fraction of sp³-hybridized carbons (Fsp3) is 0.0182. The predicted octanol–water partition coefficient (Wildman–Crippen LogP) is 12.9. The molecule has 12 rings (SSSR count). The molecule has 11 aromatic rings. The summed E-state index contributed by atoms with van der Waals surface area (Å²) in [7, 11) is 0. The molecule has 5 nitrogen and oxygen atoms in total. The van der Waals surface area contributed by atoms with Crippen LogP contribution in [-0.4, -0.2) is 14.1 Å². The van der Waals surface area contributed by atoms with Crippen LogP contribution in [0.1, 0.15) is 27.5 Å². The summed E-state index contributed by atoms with van der Waals surface area (Å²) >= 11 is 0. The van der Waals surface area contributed by atoms with Gasteiger partial charge in [-0.05, 0) is 86.2 Å². The Labute approximate surface area is 390 Å². The SMILES string of the molecule is [2H]c1c([2H])c([2H])c(-c2cccc3c2-[n+]2[c-]n(-c4[c-]c(Oc5[c-]c6c(cc5)c5ccccc5n6-c5cc(C([2H])([2H])[2H])ccn5)ccc4)c4cccc(c42)-c2c([2H])c([2H])c([2H])c([2H])c2-c2c([2H])c([2H])c([2H])c([2H])c2-3)c([2H])c1[2H].[Pt]. The number of fused-ring (bicyclic) bond motifs is 10. The summed E-state index contributed by atoms with van der Waals surface area (Å²) in [5.41, 5.74) is 1.74. The third kappa shape index (κ3) is 5.96. The molecule has 3 aromatic heterocycles. The number of hydrogen-bond acceptors (Lipinski definition) is 2. The van der Waals surface area contributed by atoms with Gasteiger partial charge in [-0.2, -0.15) is 18.2 Å². The van der Waals surface area contributed by atoms with E-state index < -0.39 is 85.4 Å². The van der Waals surface area contributed by atoms with E-state index in [0.29, 0.717) is 22.5 Å². The Morgan fingerprint density at radius 3 is 2.10 bits per heavy atom. The zero-order chi connectivity index (χ0) is 53.5. The van der Waals surface area contributed by atoms with Crippen LogP contribution in [-0.2, 0) is 21.1 Å². The zero-order valence-electron chi connectivity index (χ0n) is 47.4. The number of hydrogen-bond donors (Lipinski definition) is 0. The normalized spacial score (nSPS) is 15.5. The summed E-state index contributed by atoms with van der Waals surface area (Å²) in [6, 6.07) is 27.8. The van der Waals surface area contributed by atoms with Crippen LogP contribution in [0.5, 0.6) is 11.5 Å². The van der Waals surface area contributed by atoms with Crippen molar-refractivity contribution in [3.8, 4) is 73.2 Å². The molecule has 0 atom stereocenters. The van der Waals surface area contributed by atoms with E-state index in [9.17, 15) is 8.22 Å². The van der Waals surface area contributed by atoms with Crippen molar-refractivity contribution in [2.75, 3.05) is 0 Å². The maximum absolute atomic E-state index is 9.51. The Bertz CT molecular complexity index is 4350. The first kappa shape index (κ1) is 23.5. The summed E-state index contributed by atoms with van der Waals surface area (Å²) in [5.74, 6) is 0.841. The Kier molecular flexibility index (Phi) is 5.67. The van der Waals surface area contributed by atoms with Crippen LogP contribution in [0.15, 0.2) is 188 Å². The van der Waals surface area contributed by atoms with Crippen molar-refractivity contribution in [3.05, 3.63) is 212 Å². The molecule has 61 heavy (non-hydrogen) atoms. The van der Waals surface area contributed by atoms with Gasteiger partial charge in [-0.15, -0.1) is 29.7 Å². The quantitative estimate of drug-likeness (QED) is 0.127. The monoisotopic (exact) mass is 977 g/mol. The maximum atomic E-state index is 9.51. The average molecular weight is 978 g/mol. The number of ether oxygens (including phenoxy) is 1. The van der Waals surface area contributed by atoms with Crippen molar-refractivity contribution < 1.29 is 52.3 Å². The van der Waals surface area contributed by atoms with Gasteiger partial charge >= 0.3 is 0 Å². The van der Waals surface area contributed by atoms with Crippen LogP contribution >= 0.6 is 0 Å². The van der Waals surface area contributed by atoms with Crippen LogP contribution < -0.4 is 9.30 Å². The van der Waals surface area contributed by atoms with E-state index in [-0.39, 0.29) is 93.8 Å².